The highest BCUT2D eigenvalue weighted by atomic mass is 35.5. The lowest BCUT2D eigenvalue weighted by Crippen LogP contribution is -2.28. The second-order valence-corrected chi connectivity index (χ2v) is 6.58. The van der Waals surface area contributed by atoms with E-state index in [0.717, 1.165) is 10.3 Å². The largest absolute Gasteiger partial charge is 0.321 e. The van der Waals surface area contributed by atoms with Crippen LogP contribution in [0.3, 0.4) is 0 Å². The van der Waals surface area contributed by atoms with Crippen LogP contribution in [-0.4, -0.2) is 22.7 Å². The van der Waals surface area contributed by atoms with Crippen molar-refractivity contribution in [1.29, 1.82) is 0 Å². The molecule has 27 heavy (non-hydrogen) atoms. The molecule has 4 rings (SSSR count). The Labute approximate surface area is 159 Å². The molecule has 2 heterocycles. The van der Waals surface area contributed by atoms with Crippen LogP contribution < -0.4 is 10.2 Å². The van der Waals surface area contributed by atoms with Gasteiger partial charge in [0.2, 0.25) is 11.8 Å². The number of halogens is 1. The van der Waals surface area contributed by atoms with E-state index >= 15 is 0 Å². The molecule has 3 amide bonds. The molecule has 7 heteroatoms. The maximum absolute atomic E-state index is 12.6. The first-order valence-corrected chi connectivity index (χ1v) is 8.72. The maximum atomic E-state index is 12.6. The molecule has 6 nitrogen and oxygen atoms in total. The standard InChI is InChI=1S/C20H14ClN3O3/c21-13-3-6-15-16(9-10-22-17(15)11-13)23-20(27)12-1-4-14(5-2-12)24-18(25)7-8-19(24)26/h1-6,9-11H,7-8H2,(H,22,23,27). The van der Waals surface area contributed by atoms with E-state index in [1.54, 1.807) is 54.7 Å². The normalized spacial score (nSPS) is 14.0. The van der Waals surface area contributed by atoms with Gasteiger partial charge in [-0.15, -0.1) is 0 Å². The molecule has 0 aliphatic carbocycles. The van der Waals surface area contributed by atoms with E-state index in [4.69, 9.17) is 11.6 Å². The molecule has 1 aliphatic heterocycles. The van der Waals surface area contributed by atoms with Crippen LogP contribution in [0.2, 0.25) is 5.02 Å². The van der Waals surface area contributed by atoms with E-state index in [9.17, 15) is 14.4 Å². The molecule has 1 aromatic heterocycles. The van der Waals surface area contributed by atoms with Crippen molar-refractivity contribution < 1.29 is 14.4 Å². The van der Waals surface area contributed by atoms with Crippen LogP contribution in [0.1, 0.15) is 23.2 Å². The second-order valence-electron chi connectivity index (χ2n) is 6.14. The van der Waals surface area contributed by atoms with Crippen molar-refractivity contribution >= 4 is 51.6 Å². The number of rotatable bonds is 3. The first kappa shape index (κ1) is 17.2. The first-order chi connectivity index (χ1) is 13.0. The number of pyridine rings is 1. The molecule has 0 atom stereocenters. The Kier molecular flexibility index (Phi) is 4.33. The number of amides is 3. The number of benzene rings is 2. The van der Waals surface area contributed by atoms with Gasteiger partial charge in [-0.05, 0) is 48.5 Å². The Bertz CT molecular complexity index is 1060. The molecule has 1 saturated heterocycles. The molecule has 3 aromatic rings. The van der Waals surface area contributed by atoms with Gasteiger partial charge in [0, 0.05) is 35.0 Å². The van der Waals surface area contributed by atoms with E-state index in [2.05, 4.69) is 10.3 Å². The molecule has 0 bridgehead atoms. The summed E-state index contributed by atoms with van der Waals surface area (Å²) in [4.78, 5) is 41.6. The van der Waals surface area contributed by atoms with Gasteiger partial charge in [-0.25, -0.2) is 0 Å². The van der Waals surface area contributed by atoms with Gasteiger partial charge in [0.25, 0.3) is 5.91 Å². The van der Waals surface area contributed by atoms with Gasteiger partial charge < -0.3 is 5.32 Å². The third kappa shape index (κ3) is 3.27. The summed E-state index contributed by atoms with van der Waals surface area (Å²) in [5.74, 6) is -0.749. The van der Waals surface area contributed by atoms with Gasteiger partial charge in [-0.3, -0.25) is 24.3 Å². The zero-order chi connectivity index (χ0) is 19.0. The summed E-state index contributed by atoms with van der Waals surface area (Å²) < 4.78 is 0. The minimum atomic E-state index is -0.303. The minimum Gasteiger partial charge on any atom is -0.321 e. The lowest BCUT2D eigenvalue weighted by molar-refractivity contribution is -0.121. The molecule has 0 saturated carbocycles. The quantitative estimate of drug-likeness (QED) is 0.702. The topological polar surface area (TPSA) is 79.4 Å². The lowest BCUT2D eigenvalue weighted by Gasteiger charge is -2.14. The lowest BCUT2D eigenvalue weighted by atomic mass is 10.1. The Morgan fingerprint density at radius 2 is 1.70 bits per heavy atom. The summed E-state index contributed by atoms with van der Waals surface area (Å²) in [5, 5.41) is 4.21. The summed E-state index contributed by atoms with van der Waals surface area (Å²) in [6, 6.07) is 13.3. The van der Waals surface area contributed by atoms with Gasteiger partial charge in [0.1, 0.15) is 0 Å². The number of anilines is 2. The Morgan fingerprint density at radius 3 is 2.41 bits per heavy atom. The number of nitrogens with one attached hydrogen (secondary N) is 1. The molecule has 134 valence electrons. The number of carbonyl (C=O) groups is 3. The van der Waals surface area contributed by atoms with E-state index in [-0.39, 0.29) is 30.6 Å². The van der Waals surface area contributed by atoms with Crippen LogP contribution in [0.15, 0.2) is 54.7 Å². The molecule has 0 radical (unpaired) electrons. The molecular weight excluding hydrogens is 366 g/mol. The molecule has 1 N–H and O–H groups in total. The number of hydrogen-bond acceptors (Lipinski definition) is 4. The van der Waals surface area contributed by atoms with Gasteiger partial charge in [-0.1, -0.05) is 11.6 Å². The van der Waals surface area contributed by atoms with E-state index in [1.807, 2.05) is 0 Å². The average Bonchev–Trinajstić information content (AvgIpc) is 3.00. The number of aromatic nitrogens is 1. The zero-order valence-electron chi connectivity index (χ0n) is 14.1. The van der Waals surface area contributed by atoms with Crippen LogP contribution in [0.5, 0.6) is 0 Å². The third-order valence-corrected chi connectivity index (χ3v) is 4.63. The molecule has 0 unspecified atom stereocenters. The van der Waals surface area contributed by atoms with Crippen molar-refractivity contribution in [3.63, 3.8) is 0 Å². The number of fused-ring (bicyclic) bond motifs is 1. The highest BCUT2D eigenvalue weighted by molar-refractivity contribution is 6.31. The zero-order valence-corrected chi connectivity index (χ0v) is 14.9. The SMILES string of the molecule is O=C(Nc1ccnc2cc(Cl)ccc12)c1ccc(N2C(=O)CCC2=O)cc1. The van der Waals surface area contributed by atoms with Gasteiger partial charge in [-0.2, -0.15) is 0 Å². The van der Waals surface area contributed by atoms with Crippen LogP contribution in [0.4, 0.5) is 11.4 Å². The Balaban J connectivity index is 1.57. The highest BCUT2D eigenvalue weighted by Crippen LogP contribution is 2.26. The number of carbonyl (C=O) groups excluding carboxylic acids is 3. The summed E-state index contributed by atoms with van der Waals surface area (Å²) >= 11 is 5.98. The molecule has 1 aliphatic rings. The third-order valence-electron chi connectivity index (χ3n) is 4.39. The van der Waals surface area contributed by atoms with Gasteiger partial charge in [0.15, 0.2) is 0 Å². The van der Waals surface area contributed by atoms with Crippen molar-refractivity contribution in [2.24, 2.45) is 0 Å². The Hall–Kier alpha value is -3.25. The molecule has 0 spiro atoms. The predicted octanol–water partition coefficient (Wildman–Crippen LogP) is 3.79. The smallest absolute Gasteiger partial charge is 0.255 e. The molecule has 1 fully saturated rings. The fraction of sp³-hybridized carbons (Fsp3) is 0.100. The summed E-state index contributed by atoms with van der Waals surface area (Å²) in [7, 11) is 0. The minimum absolute atomic E-state index is 0.222. The summed E-state index contributed by atoms with van der Waals surface area (Å²) in [5.41, 5.74) is 2.19. The van der Waals surface area contributed by atoms with Crippen molar-refractivity contribution in [2.45, 2.75) is 12.8 Å². The number of nitrogens with zero attached hydrogens (tertiary/aromatic N) is 2. The van der Waals surface area contributed by atoms with Gasteiger partial charge in [0.05, 0.1) is 16.9 Å². The van der Waals surface area contributed by atoms with Crippen LogP contribution in [0, 0.1) is 0 Å². The van der Waals surface area contributed by atoms with Crippen molar-refractivity contribution in [3.8, 4) is 0 Å². The van der Waals surface area contributed by atoms with Crippen LogP contribution in [0.25, 0.3) is 10.9 Å². The number of hydrogen-bond donors (Lipinski definition) is 1. The van der Waals surface area contributed by atoms with E-state index in [1.165, 1.54) is 0 Å². The van der Waals surface area contributed by atoms with Crippen molar-refractivity contribution in [1.82, 2.24) is 4.98 Å². The molecule has 2 aromatic carbocycles. The van der Waals surface area contributed by atoms with E-state index < -0.39 is 0 Å². The highest BCUT2D eigenvalue weighted by Gasteiger charge is 2.30. The Morgan fingerprint density at radius 1 is 1.00 bits per heavy atom. The first-order valence-electron chi connectivity index (χ1n) is 8.34. The average molecular weight is 380 g/mol. The predicted molar refractivity (Wildman–Crippen MR) is 103 cm³/mol. The van der Waals surface area contributed by atoms with Crippen LogP contribution in [-0.2, 0) is 9.59 Å². The van der Waals surface area contributed by atoms with E-state index in [0.29, 0.717) is 27.5 Å². The molecular formula is C20H14ClN3O3. The van der Waals surface area contributed by atoms with Crippen molar-refractivity contribution in [2.75, 3.05) is 10.2 Å². The fourth-order valence-electron chi connectivity index (χ4n) is 3.05. The second kappa shape index (κ2) is 6.81. The number of imide groups is 1. The van der Waals surface area contributed by atoms with Crippen molar-refractivity contribution in [3.05, 3.63) is 65.3 Å². The maximum Gasteiger partial charge on any atom is 0.255 e. The fourth-order valence-corrected chi connectivity index (χ4v) is 3.22. The van der Waals surface area contributed by atoms with Gasteiger partial charge >= 0.3 is 0 Å². The summed E-state index contributed by atoms with van der Waals surface area (Å²) in [6.07, 6.45) is 2.04. The monoisotopic (exact) mass is 379 g/mol. The summed E-state index contributed by atoms with van der Waals surface area (Å²) in [6.45, 7) is 0. The van der Waals surface area contributed by atoms with Crippen LogP contribution >= 0.6 is 11.6 Å².